The summed E-state index contributed by atoms with van der Waals surface area (Å²) in [6, 6.07) is 21.5. The number of carbonyl (C=O) groups excluding carboxylic acids is 1. The summed E-state index contributed by atoms with van der Waals surface area (Å²) >= 11 is 0. The lowest BCUT2D eigenvalue weighted by atomic mass is 9.96. The third-order valence-corrected chi connectivity index (χ3v) is 6.60. The van der Waals surface area contributed by atoms with Crippen LogP contribution in [0.5, 0.6) is 0 Å². The fraction of sp³-hybridized carbons (Fsp3) is 0.296. The predicted octanol–water partition coefficient (Wildman–Crippen LogP) is 4.50. The number of carbonyl (C=O) groups is 1. The Morgan fingerprint density at radius 3 is 2.44 bits per heavy atom. The summed E-state index contributed by atoms with van der Waals surface area (Å²) in [5.41, 5.74) is 5.59. The van der Waals surface area contributed by atoms with Crippen molar-refractivity contribution in [3.63, 3.8) is 0 Å². The molecule has 1 atom stereocenters. The largest absolute Gasteiger partial charge is 0.378 e. The van der Waals surface area contributed by atoms with Crippen LogP contribution in [0.1, 0.15) is 38.7 Å². The molecular formula is C27H30N4O3. The molecule has 1 N–H and O–H groups in total. The average Bonchev–Trinajstić information content (AvgIpc) is 2.84. The molecule has 0 saturated carbocycles. The molecule has 1 aliphatic rings. The van der Waals surface area contributed by atoms with E-state index in [9.17, 15) is 14.9 Å². The topological polar surface area (TPSA) is 78.7 Å². The van der Waals surface area contributed by atoms with Gasteiger partial charge < -0.3 is 10.2 Å². The van der Waals surface area contributed by atoms with E-state index >= 15 is 0 Å². The zero-order valence-electron chi connectivity index (χ0n) is 19.8. The number of hydrogen-bond acceptors (Lipinski definition) is 5. The van der Waals surface area contributed by atoms with Crippen LogP contribution in [0.25, 0.3) is 0 Å². The summed E-state index contributed by atoms with van der Waals surface area (Å²) in [5.74, 6) is -0.298. The molecule has 0 aromatic heterocycles. The maximum Gasteiger partial charge on any atom is 0.273 e. The van der Waals surface area contributed by atoms with Gasteiger partial charge in [-0.15, -0.1) is 0 Å². The fourth-order valence-corrected chi connectivity index (χ4v) is 4.59. The van der Waals surface area contributed by atoms with Crippen LogP contribution in [0, 0.1) is 17.0 Å². The van der Waals surface area contributed by atoms with Gasteiger partial charge in [0.25, 0.3) is 11.6 Å². The van der Waals surface area contributed by atoms with Gasteiger partial charge in [-0.05, 0) is 48.2 Å². The highest BCUT2D eigenvalue weighted by molar-refractivity contribution is 5.96. The number of benzene rings is 3. The Morgan fingerprint density at radius 1 is 1.06 bits per heavy atom. The minimum atomic E-state index is -0.452. The number of fused-ring (bicyclic) bond motifs is 1. The quantitative estimate of drug-likeness (QED) is 0.417. The highest BCUT2D eigenvalue weighted by atomic mass is 16.6. The van der Waals surface area contributed by atoms with E-state index in [-0.39, 0.29) is 17.6 Å². The summed E-state index contributed by atoms with van der Waals surface area (Å²) in [5, 5.41) is 14.3. The third-order valence-electron chi connectivity index (χ3n) is 6.60. The summed E-state index contributed by atoms with van der Waals surface area (Å²) in [6.07, 6.45) is 0.959. The zero-order valence-corrected chi connectivity index (χ0v) is 19.8. The molecular weight excluding hydrogens is 428 g/mol. The summed E-state index contributed by atoms with van der Waals surface area (Å²) in [7, 11) is 4.02. The lowest BCUT2D eigenvalue weighted by Gasteiger charge is -2.36. The van der Waals surface area contributed by atoms with Gasteiger partial charge in [0.2, 0.25) is 0 Å². The van der Waals surface area contributed by atoms with Crippen LogP contribution in [0.15, 0.2) is 66.7 Å². The second kappa shape index (κ2) is 10.1. The molecule has 1 amide bonds. The van der Waals surface area contributed by atoms with E-state index in [0.29, 0.717) is 17.7 Å². The number of rotatable bonds is 7. The van der Waals surface area contributed by atoms with Crippen molar-refractivity contribution in [1.29, 1.82) is 0 Å². The SMILES string of the molecule is Cc1c(C(=O)NCC(c2ccc(N(C)C)cc2)N2CCc3ccccc3C2)cccc1[N+](=O)[O-]. The molecule has 7 heteroatoms. The van der Waals surface area contributed by atoms with Gasteiger partial charge in [0, 0.05) is 56.6 Å². The van der Waals surface area contributed by atoms with E-state index in [2.05, 4.69) is 63.6 Å². The smallest absolute Gasteiger partial charge is 0.273 e. The van der Waals surface area contributed by atoms with Gasteiger partial charge in [-0.2, -0.15) is 0 Å². The normalized spacial score (nSPS) is 14.2. The Hall–Kier alpha value is -3.71. The van der Waals surface area contributed by atoms with Crippen molar-refractivity contribution < 1.29 is 9.72 Å². The number of nitro benzene ring substituents is 1. The van der Waals surface area contributed by atoms with Crippen molar-refractivity contribution in [1.82, 2.24) is 10.2 Å². The van der Waals surface area contributed by atoms with E-state index in [0.717, 1.165) is 30.8 Å². The highest BCUT2D eigenvalue weighted by Crippen LogP contribution is 2.29. The maximum atomic E-state index is 13.0. The summed E-state index contributed by atoms with van der Waals surface area (Å²) < 4.78 is 0. The Labute approximate surface area is 200 Å². The number of nitrogens with one attached hydrogen (secondary N) is 1. The van der Waals surface area contributed by atoms with Crippen LogP contribution in [-0.2, 0) is 13.0 Å². The minimum absolute atomic E-state index is 0.0208. The van der Waals surface area contributed by atoms with Gasteiger partial charge in [-0.3, -0.25) is 19.8 Å². The number of anilines is 1. The van der Waals surface area contributed by atoms with Crippen LogP contribution in [0.4, 0.5) is 11.4 Å². The fourth-order valence-electron chi connectivity index (χ4n) is 4.59. The van der Waals surface area contributed by atoms with Crippen LogP contribution in [0.3, 0.4) is 0 Å². The van der Waals surface area contributed by atoms with Crippen LogP contribution < -0.4 is 10.2 Å². The Bertz CT molecular complexity index is 1190. The molecule has 0 bridgehead atoms. The van der Waals surface area contributed by atoms with Gasteiger partial charge in [0.05, 0.1) is 11.0 Å². The number of nitrogens with zero attached hydrogens (tertiary/aromatic N) is 3. The van der Waals surface area contributed by atoms with Crippen molar-refractivity contribution >= 4 is 17.3 Å². The molecule has 1 heterocycles. The van der Waals surface area contributed by atoms with E-state index < -0.39 is 4.92 Å². The van der Waals surface area contributed by atoms with Crippen molar-refractivity contribution in [2.24, 2.45) is 0 Å². The minimum Gasteiger partial charge on any atom is -0.378 e. The Balaban J connectivity index is 1.58. The zero-order chi connectivity index (χ0) is 24.2. The molecule has 3 aromatic rings. The average molecular weight is 459 g/mol. The third kappa shape index (κ3) is 4.94. The van der Waals surface area contributed by atoms with E-state index in [1.54, 1.807) is 19.1 Å². The molecule has 7 nitrogen and oxygen atoms in total. The standard InChI is InChI=1S/C27H30N4O3/c1-19-24(9-6-10-25(19)31(33)34)27(32)28-17-26(21-11-13-23(14-12-21)29(2)3)30-16-15-20-7-4-5-8-22(20)18-30/h4-14,26H,15-18H2,1-3H3,(H,28,32). The molecule has 1 aliphatic heterocycles. The van der Waals surface area contributed by atoms with Gasteiger partial charge >= 0.3 is 0 Å². The first-order chi connectivity index (χ1) is 16.3. The molecule has 0 aliphatic carbocycles. The number of amides is 1. The van der Waals surface area contributed by atoms with Crippen LogP contribution in [-0.4, -0.2) is 42.9 Å². The first-order valence-electron chi connectivity index (χ1n) is 11.5. The second-order valence-electron chi connectivity index (χ2n) is 8.91. The summed E-state index contributed by atoms with van der Waals surface area (Å²) in [4.78, 5) is 28.3. The van der Waals surface area contributed by atoms with Crippen molar-refractivity contribution in [3.8, 4) is 0 Å². The predicted molar refractivity (Wildman–Crippen MR) is 134 cm³/mol. The molecule has 0 spiro atoms. The van der Waals surface area contributed by atoms with E-state index in [1.807, 2.05) is 14.1 Å². The Morgan fingerprint density at radius 2 is 1.76 bits per heavy atom. The molecule has 0 saturated heterocycles. The molecule has 176 valence electrons. The molecule has 3 aromatic carbocycles. The van der Waals surface area contributed by atoms with Crippen LogP contribution in [0.2, 0.25) is 0 Å². The number of nitro groups is 1. The molecule has 0 fully saturated rings. The maximum absolute atomic E-state index is 13.0. The van der Waals surface area contributed by atoms with Crippen molar-refractivity contribution in [2.75, 3.05) is 32.1 Å². The Kier molecular flexibility index (Phi) is 6.93. The summed E-state index contributed by atoms with van der Waals surface area (Å²) in [6.45, 7) is 3.72. The van der Waals surface area contributed by atoms with Crippen molar-refractivity contribution in [2.45, 2.75) is 25.9 Å². The van der Waals surface area contributed by atoms with Gasteiger partial charge in [-0.1, -0.05) is 42.5 Å². The number of hydrogen-bond donors (Lipinski definition) is 1. The molecule has 0 radical (unpaired) electrons. The molecule has 4 rings (SSSR count). The second-order valence-corrected chi connectivity index (χ2v) is 8.91. The van der Waals surface area contributed by atoms with Crippen molar-refractivity contribution in [3.05, 3.63) is 105 Å². The first kappa shape index (κ1) is 23.4. The van der Waals surface area contributed by atoms with Crippen LogP contribution >= 0.6 is 0 Å². The van der Waals surface area contributed by atoms with E-state index in [1.165, 1.54) is 17.2 Å². The lowest BCUT2D eigenvalue weighted by molar-refractivity contribution is -0.385. The first-order valence-corrected chi connectivity index (χ1v) is 11.5. The molecule has 34 heavy (non-hydrogen) atoms. The highest BCUT2D eigenvalue weighted by Gasteiger charge is 2.26. The molecule has 1 unspecified atom stereocenters. The lowest BCUT2D eigenvalue weighted by Crippen LogP contribution is -2.40. The monoisotopic (exact) mass is 458 g/mol. The van der Waals surface area contributed by atoms with Gasteiger partial charge in [-0.25, -0.2) is 0 Å². The van der Waals surface area contributed by atoms with Gasteiger partial charge in [0.15, 0.2) is 0 Å². The van der Waals surface area contributed by atoms with E-state index in [4.69, 9.17) is 0 Å². The van der Waals surface area contributed by atoms with Gasteiger partial charge in [0.1, 0.15) is 0 Å².